The molecule has 1 fully saturated rings. The second kappa shape index (κ2) is 4.58. The zero-order valence-corrected chi connectivity index (χ0v) is 10.9. The van der Waals surface area contributed by atoms with Crippen molar-refractivity contribution in [2.24, 2.45) is 5.73 Å². The maximum Gasteiger partial charge on any atom is 0.311 e. The third-order valence-electron chi connectivity index (χ3n) is 3.15. The van der Waals surface area contributed by atoms with Crippen molar-refractivity contribution < 1.29 is 4.92 Å². The van der Waals surface area contributed by atoms with Crippen LogP contribution in [0.2, 0.25) is 0 Å². The fourth-order valence-corrected chi connectivity index (χ4v) is 2.66. The van der Waals surface area contributed by atoms with Crippen molar-refractivity contribution in [2.45, 2.75) is 25.4 Å². The van der Waals surface area contributed by atoms with Gasteiger partial charge in [-0.05, 0) is 29.3 Å². The number of hydrogen-bond acceptors (Lipinski definition) is 5. The average Bonchev–Trinajstić information content (AvgIpc) is 2.60. The van der Waals surface area contributed by atoms with Crippen molar-refractivity contribution in [3.63, 3.8) is 0 Å². The zero-order chi connectivity index (χ0) is 12.6. The summed E-state index contributed by atoms with van der Waals surface area (Å²) in [6.45, 7) is 2.71. The number of hydrogen-bond donors (Lipinski definition) is 1. The first-order chi connectivity index (χ1) is 8.02. The lowest BCUT2D eigenvalue weighted by Gasteiger charge is -2.25. The van der Waals surface area contributed by atoms with Gasteiger partial charge in [0.2, 0.25) is 0 Å². The Bertz CT molecular complexity index is 454. The molecule has 6 nitrogen and oxygen atoms in total. The number of nitro groups is 1. The van der Waals surface area contributed by atoms with Gasteiger partial charge < -0.3 is 10.6 Å². The molecule has 2 rings (SSSR count). The molecule has 0 spiro atoms. The van der Waals surface area contributed by atoms with Crippen molar-refractivity contribution in [3.05, 3.63) is 27.0 Å². The number of rotatable bonds is 2. The Morgan fingerprint density at radius 1 is 1.65 bits per heavy atom. The Hall–Kier alpha value is -1.21. The van der Waals surface area contributed by atoms with Gasteiger partial charge in [0, 0.05) is 24.8 Å². The summed E-state index contributed by atoms with van der Waals surface area (Å²) in [5.41, 5.74) is 6.53. The molecule has 17 heavy (non-hydrogen) atoms. The Balaban J connectivity index is 2.47. The predicted octanol–water partition coefficient (Wildman–Crippen LogP) is 1.68. The van der Waals surface area contributed by atoms with Gasteiger partial charge in [-0.3, -0.25) is 15.1 Å². The molecule has 0 bridgehead atoms. The van der Waals surface area contributed by atoms with E-state index in [9.17, 15) is 10.1 Å². The van der Waals surface area contributed by atoms with E-state index in [1.165, 1.54) is 6.20 Å². The minimum Gasteiger partial charge on any atom is -0.361 e. The molecule has 92 valence electrons. The Morgan fingerprint density at radius 2 is 2.35 bits per heavy atom. The number of nitrogens with two attached hydrogens (primary N) is 1. The highest BCUT2D eigenvalue weighted by Gasteiger charge is 2.33. The number of nitrogens with zero attached hydrogens (tertiary/aromatic N) is 3. The van der Waals surface area contributed by atoms with Crippen LogP contribution in [0.3, 0.4) is 0 Å². The molecule has 1 aromatic rings. The smallest absolute Gasteiger partial charge is 0.311 e. The van der Waals surface area contributed by atoms with Gasteiger partial charge in [-0.25, -0.2) is 0 Å². The standard InChI is InChI=1S/C10H13BrN4O2/c1-6-8(12)2-3-14(6)10-7(11)4-13-5-9(10)15(16)17/h4-6,8H,2-3,12H2,1H3. The second-order valence-corrected chi connectivity index (χ2v) is 4.99. The number of halogens is 1. The largest absolute Gasteiger partial charge is 0.361 e. The summed E-state index contributed by atoms with van der Waals surface area (Å²) in [6, 6.07) is 0.141. The predicted molar refractivity (Wildman–Crippen MR) is 68.0 cm³/mol. The molecule has 0 radical (unpaired) electrons. The van der Waals surface area contributed by atoms with Crippen LogP contribution in [0.25, 0.3) is 0 Å². The average molecular weight is 301 g/mol. The van der Waals surface area contributed by atoms with E-state index >= 15 is 0 Å². The lowest BCUT2D eigenvalue weighted by molar-refractivity contribution is -0.384. The van der Waals surface area contributed by atoms with E-state index in [4.69, 9.17) is 5.73 Å². The normalized spacial score (nSPS) is 24.1. The monoisotopic (exact) mass is 300 g/mol. The highest BCUT2D eigenvalue weighted by Crippen LogP contribution is 2.38. The Kier molecular flexibility index (Phi) is 3.30. The molecule has 2 heterocycles. The van der Waals surface area contributed by atoms with Crippen LogP contribution >= 0.6 is 15.9 Å². The van der Waals surface area contributed by atoms with Crippen LogP contribution in [0, 0.1) is 10.1 Å². The van der Waals surface area contributed by atoms with Gasteiger partial charge in [0.1, 0.15) is 11.9 Å². The molecule has 0 aliphatic carbocycles. The minimum absolute atomic E-state index is 0.0142. The van der Waals surface area contributed by atoms with Crippen LogP contribution in [0.4, 0.5) is 11.4 Å². The van der Waals surface area contributed by atoms with E-state index in [0.29, 0.717) is 10.2 Å². The first kappa shape index (κ1) is 12.3. The SMILES string of the molecule is CC1C(N)CCN1c1c(Br)cncc1[N+](=O)[O-]. The van der Waals surface area contributed by atoms with Gasteiger partial charge in [0.25, 0.3) is 0 Å². The van der Waals surface area contributed by atoms with E-state index in [2.05, 4.69) is 20.9 Å². The lowest BCUT2D eigenvalue weighted by Crippen LogP contribution is -2.37. The molecular formula is C10H13BrN4O2. The van der Waals surface area contributed by atoms with Crippen molar-refractivity contribution in [2.75, 3.05) is 11.4 Å². The fourth-order valence-electron chi connectivity index (χ4n) is 2.12. The van der Waals surface area contributed by atoms with E-state index in [1.807, 2.05) is 11.8 Å². The van der Waals surface area contributed by atoms with Gasteiger partial charge >= 0.3 is 5.69 Å². The molecule has 0 aromatic carbocycles. The minimum atomic E-state index is -0.413. The topological polar surface area (TPSA) is 85.3 Å². The zero-order valence-electron chi connectivity index (χ0n) is 9.34. The molecule has 2 unspecified atom stereocenters. The van der Waals surface area contributed by atoms with Gasteiger partial charge in [-0.15, -0.1) is 0 Å². The molecular weight excluding hydrogens is 288 g/mol. The van der Waals surface area contributed by atoms with Crippen LogP contribution in [0.1, 0.15) is 13.3 Å². The number of pyridine rings is 1. The Labute approximate surface area is 107 Å². The van der Waals surface area contributed by atoms with Crippen molar-refractivity contribution in [1.82, 2.24) is 4.98 Å². The van der Waals surface area contributed by atoms with Crippen LogP contribution in [-0.2, 0) is 0 Å². The molecule has 7 heteroatoms. The molecule has 2 N–H and O–H groups in total. The van der Waals surface area contributed by atoms with Gasteiger partial charge in [-0.2, -0.15) is 0 Å². The number of aromatic nitrogens is 1. The highest BCUT2D eigenvalue weighted by molar-refractivity contribution is 9.10. The van der Waals surface area contributed by atoms with Crippen molar-refractivity contribution in [1.29, 1.82) is 0 Å². The third kappa shape index (κ3) is 2.12. The van der Waals surface area contributed by atoms with Crippen LogP contribution in [0.5, 0.6) is 0 Å². The molecule has 1 aliphatic rings. The first-order valence-electron chi connectivity index (χ1n) is 5.32. The summed E-state index contributed by atoms with van der Waals surface area (Å²) in [7, 11) is 0. The van der Waals surface area contributed by atoms with Gasteiger partial charge in [-0.1, -0.05) is 0 Å². The number of anilines is 1. The van der Waals surface area contributed by atoms with Crippen LogP contribution < -0.4 is 10.6 Å². The molecule has 2 atom stereocenters. The van der Waals surface area contributed by atoms with E-state index < -0.39 is 4.92 Å². The lowest BCUT2D eigenvalue weighted by atomic mass is 10.1. The van der Waals surface area contributed by atoms with Crippen LogP contribution in [0.15, 0.2) is 16.9 Å². The summed E-state index contributed by atoms with van der Waals surface area (Å²) in [5.74, 6) is 0. The second-order valence-electron chi connectivity index (χ2n) is 4.13. The molecule has 1 aliphatic heterocycles. The van der Waals surface area contributed by atoms with Gasteiger partial charge in [0.15, 0.2) is 0 Å². The maximum absolute atomic E-state index is 11.0. The summed E-state index contributed by atoms with van der Waals surface area (Å²) < 4.78 is 0.632. The van der Waals surface area contributed by atoms with Crippen LogP contribution in [-0.4, -0.2) is 28.5 Å². The summed E-state index contributed by atoms with van der Waals surface area (Å²) in [4.78, 5) is 16.4. The molecule has 0 saturated carbocycles. The van der Waals surface area contributed by atoms with Gasteiger partial charge in [0.05, 0.1) is 9.40 Å². The summed E-state index contributed by atoms with van der Waals surface area (Å²) in [6.07, 6.45) is 3.68. The summed E-state index contributed by atoms with van der Waals surface area (Å²) >= 11 is 3.32. The maximum atomic E-state index is 11.0. The molecule has 1 saturated heterocycles. The quantitative estimate of drug-likeness (QED) is 0.663. The first-order valence-corrected chi connectivity index (χ1v) is 6.11. The highest BCUT2D eigenvalue weighted by atomic mass is 79.9. The Morgan fingerprint density at radius 3 is 2.88 bits per heavy atom. The van der Waals surface area contributed by atoms with Crippen molar-refractivity contribution in [3.8, 4) is 0 Å². The van der Waals surface area contributed by atoms with E-state index in [1.54, 1.807) is 6.20 Å². The van der Waals surface area contributed by atoms with E-state index in [-0.39, 0.29) is 17.8 Å². The van der Waals surface area contributed by atoms with E-state index in [0.717, 1.165) is 13.0 Å². The third-order valence-corrected chi connectivity index (χ3v) is 3.73. The van der Waals surface area contributed by atoms with Crippen molar-refractivity contribution >= 4 is 27.3 Å². The molecule has 0 amide bonds. The fraction of sp³-hybridized carbons (Fsp3) is 0.500. The summed E-state index contributed by atoms with van der Waals surface area (Å²) in [5, 5.41) is 11.0. The molecule has 1 aromatic heterocycles.